The topological polar surface area (TPSA) is 26.0 Å². The molecule has 0 spiro atoms. The van der Waals surface area contributed by atoms with E-state index in [-0.39, 0.29) is 11.9 Å². The van der Waals surface area contributed by atoms with Crippen LogP contribution in [0, 0.1) is 5.82 Å². The molecule has 0 aliphatic rings. The molecular formula is C14H12Cl2FNS. The lowest BCUT2D eigenvalue weighted by Gasteiger charge is -2.13. The van der Waals surface area contributed by atoms with Gasteiger partial charge >= 0.3 is 0 Å². The van der Waals surface area contributed by atoms with Crippen molar-refractivity contribution >= 4 is 35.0 Å². The van der Waals surface area contributed by atoms with Crippen LogP contribution < -0.4 is 5.73 Å². The SMILES string of the molecule is NC(CSc1cccc(Cl)c1)c1ccc(Cl)cc1F. The Hall–Kier alpha value is -0.740. The van der Waals surface area contributed by atoms with E-state index in [0.29, 0.717) is 21.4 Å². The van der Waals surface area contributed by atoms with Crippen LogP contribution in [0.4, 0.5) is 4.39 Å². The molecule has 0 saturated heterocycles. The highest BCUT2D eigenvalue weighted by Gasteiger charge is 2.12. The van der Waals surface area contributed by atoms with Crippen LogP contribution in [-0.4, -0.2) is 5.75 Å². The van der Waals surface area contributed by atoms with Gasteiger partial charge in [0.25, 0.3) is 0 Å². The molecule has 0 saturated carbocycles. The molecule has 0 aliphatic heterocycles. The Morgan fingerprint density at radius 2 is 1.84 bits per heavy atom. The molecule has 0 radical (unpaired) electrons. The van der Waals surface area contributed by atoms with Crippen molar-refractivity contribution in [2.45, 2.75) is 10.9 Å². The van der Waals surface area contributed by atoms with Crippen LogP contribution in [0.5, 0.6) is 0 Å². The molecule has 100 valence electrons. The molecule has 0 bridgehead atoms. The Balaban J connectivity index is 2.03. The average molecular weight is 316 g/mol. The largest absolute Gasteiger partial charge is 0.323 e. The van der Waals surface area contributed by atoms with Crippen LogP contribution in [0.3, 0.4) is 0 Å². The van der Waals surface area contributed by atoms with E-state index in [0.717, 1.165) is 4.90 Å². The normalized spacial score (nSPS) is 12.4. The summed E-state index contributed by atoms with van der Waals surface area (Å²) in [5.74, 6) is 0.200. The summed E-state index contributed by atoms with van der Waals surface area (Å²) in [4.78, 5) is 1.01. The first kappa shape index (κ1) is 14.7. The van der Waals surface area contributed by atoms with Crippen LogP contribution in [0.25, 0.3) is 0 Å². The lowest BCUT2D eigenvalue weighted by molar-refractivity contribution is 0.595. The predicted octanol–water partition coefficient (Wildman–Crippen LogP) is 4.92. The van der Waals surface area contributed by atoms with Crippen molar-refractivity contribution < 1.29 is 4.39 Å². The lowest BCUT2D eigenvalue weighted by atomic mass is 10.1. The van der Waals surface area contributed by atoms with Gasteiger partial charge in [0.1, 0.15) is 5.82 Å². The average Bonchev–Trinajstić information content (AvgIpc) is 2.36. The quantitative estimate of drug-likeness (QED) is 0.810. The van der Waals surface area contributed by atoms with Crippen LogP contribution in [0.15, 0.2) is 47.4 Å². The van der Waals surface area contributed by atoms with Crippen molar-refractivity contribution in [2.24, 2.45) is 5.73 Å². The minimum absolute atomic E-state index is 0.369. The molecule has 0 fully saturated rings. The number of rotatable bonds is 4. The maximum atomic E-state index is 13.7. The van der Waals surface area contributed by atoms with Gasteiger partial charge in [-0.05, 0) is 30.3 Å². The Kier molecular flexibility index (Phi) is 5.11. The third-order valence-electron chi connectivity index (χ3n) is 2.59. The highest BCUT2D eigenvalue weighted by Crippen LogP contribution is 2.27. The molecule has 0 heterocycles. The number of hydrogen-bond acceptors (Lipinski definition) is 2. The first-order valence-electron chi connectivity index (χ1n) is 5.65. The second-order valence-corrected chi connectivity index (χ2v) is 6.01. The summed E-state index contributed by atoms with van der Waals surface area (Å²) in [6, 6.07) is 11.6. The third-order valence-corrected chi connectivity index (χ3v) is 4.17. The second-order valence-electron chi connectivity index (χ2n) is 4.04. The smallest absolute Gasteiger partial charge is 0.129 e. The van der Waals surface area contributed by atoms with E-state index in [2.05, 4.69) is 0 Å². The summed E-state index contributed by atoms with van der Waals surface area (Å²) in [6.07, 6.45) is 0. The van der Waals surface area contributed by atoms with Gasteiger partial charge in [-0.25, -0.2) is 4.39 Å². The Labute approximate surface area is 125 Å². The van der Waals surface area contributed by atoms with Crippen molar-refractivity contribution in [2.75, 3.05) is 5.75 Å². The summed E-state index contributed by atoms with van der Waals surface area (Å²) in [5.41, 5.74) is 6.47. The predicted molar refractivity (Wildman–Crippen MR) is 80.5 cm³/mol. The fourth-order valence-electron chi connectivity index (χ4n) is 1.63. The van der Waals surface area contributed by atoms with Gasteiger partial charge in [-0.1, -0.05) is 35.3 Å². The molecule has 1 nitrogen and oxygen atoms in total. The van der Waals surface area contributed by atoms with Crippen molar-refractivity contribution in [3.05, 3.63) is 63.9 Å². The van der Waals surface area contributed by atoms with Crippen LogP contribution >= 0.6 is 35.0 Å². The third kappa shape index (κ3) is 4.11. The van der Waals surface area contributed by atoms with Crippen LogP contribution in [-0.2, 0) is 0 Å². The van der Waals surface area contributed by atoms with Gasteiger partial charge in [-0.2, -0.15) is 0 Å². The van der Waals surface area contributed by atoms with Crippen LogP contribution in [0.1, 0.15) is 11.6 Å². The van der Waals surface area contributed by atoms with Gasteiger partial charge in [0.15, 0.2) is 0 Å². The van der Waals surface area contributed by atoms with Gasteiger partial charge in [0, 0.05) is 32.3 Å². The van der Waals surface area contributed by atoms with Crippen molar-refractivity contribution in [1.82, 2.24) is 0 Å². The first-order chi connectivity index (χ1) is 9.06. The van der Waals surface area contributed by atoms with Gasteiger partial charge in [0.2, 0.25) is 0 Å². The molecule has 2 aromatic rings. The number of nitrogens with two attached hydrogens (primary N) is 1. The number of halogens is 3. The lowest BCUT2D eigenvalue weighted by Crippen LogP contribution is -2.14. The van der Waals surface area contributed by atoms with E-state index in [9.17, 15) is 4.39 Å². The fourth-order valence-corrected chi connectivity index (χ4v) is 2.99. The van der Waals surface area contributed by atoms with Gasteiger partial charge in [-0.15, -0.1) is 11.8 Å². The summed E-state index contributed by atoms with van der Waals surface area (Å²) >= 11 is 13.2. The van der Waals surface area contributed by atoms with E-state index >= 15 is 0 Å². The molecule has 2 rings (SSSR count). The van der Waals surface area contributed by atoms with E-state index in [1.54, 1.807) is 23.9 Å². The maximum absolute atomic E-state index is 13.7. The van der Waals surface area contributed by atoms with Crippen molar-refractivity contribution in [3.8, 4) is 0 Å². The number of benzene rings is 2. The van der Waals surface area contributed by atoms with Crippen molar-refractivity contribution in [1.29, 1.82) is 0 Å². The monoisotopic (exact) mass is 315 g/mol. The van der Waals surface area contributed by atoms with Crippen LogP contribution in [0.2, 0.25) is 10.0 Å². The summed E-state index contributed by atoms with van der Waals surface area (Å²) < 4.78 is 13.7. The zero-order valence-corrected chi connectivity index (χ0v) is 12.3. The Morgan fingerprint density at radius 3 is 2.53 bits per heavy atom. The molecule has 5 heteroatoms. The Morgan fingerprint density at radius 1 is 1.11 bits per heavy atom. The van der Waals surface area contributed by atoms with Gasteiger partial charge in [0.05, 0.1) is 0 Å². The molecule has 2 aromatic carbocycles. The number of thioether (sulfide) groups is 1. The molecule has 1 atom stereocenters. The van der Waals surface area contributed by atoms with E-state index in [1.165, 1.54) is 6.07 Å². The number of hydrogen-bond donors (Lipinski definition) is 1. The molecule has 0 amide bonds. The molecular weight excluding hydrogens is 304 g/mol. The van der Waals surface area contributed by atoms with Gasteiger partial charge < -0.3 is 5.73 Å². The molecule has 0 aliphatic carbocycles. The minimum atomic E-state index is -0.388. The standard InChI is InChI=1S/C14H12Cl2FNS/c15-9-2-1-3-11(6-9)19-8-14(18)12-5-4-10(16)7-13(12)17/h1-7,14H,8,18H2. The molecule has 19 heavy (non-hydrogen) atoms. The Bertz CT molecular complexity index is 577. The van der Waals surface area contributed by atoms with E-state index < -0.39 is 0 Å². The zero-order chi connectivity index (χ0) is 13.8. The maximum Gasteiger partial charge on any atom is 0.129 e. The highest BCUT2D eigenvalue weighted by molar-refractivity contribution is 7.99. The molecule has 0 aromatic heterocycles. The summed E-state index contributed by atoms with van der Waals surface area (Å²) in [5, 5.41) is 1.05. The summed E-state index contributed by atoms with van der Waals surface area (Å²) in [7, 11) is 0. The zero-order valence-electron chi connectivity index (χ0n) is 9.95. The van der Waals surface area contributed by atoms with E-state index in [4.69, 9.17) is 28.9 Å². The molecule has 2 N–H and O–H groups in total. The highest BCUT2D eigenvalue weighted by atomic mass is 35.5. The van der Waals surface area contributed by atoms with Crippen molar-refractivity contribution in [3.63, 3.8) is 0 Å². The second kappa shape index (κ2) is 6.62. The summed E-state index contributed by atoms with van der Waals surface area (Å²) in [6.45, 7) is 0. The van der Waals surface area contributed by atoms with Gasteiger partial charge in [-0.3, -0.25) is 0 Å². The first-order valence-corrected chi connectivity index (χ1v) is 7.39. The molecule has 1 unspecified atom stereocenters. The minimum Gasteiger partial charge on any atom is -0.323 e. The fraction of sp³-hybridized carbons (Fsp3) is 0.143. The van der Waals surface area contributed by atoms with E-state index in [1.807, 2.05) is 24.3 Å².